The molecule has 18 heavy (non-hydrogen) atoms. The van der Waals surface area contributed by atoms with Gasteiger partial charge in [-0.15, -0.1) is 0 Å². The van der Waals surface area contributed by atoms with E-state index in [4.69, 9.17) is 4.74 Å². The summed E-state index contributed by atoms with van der Waals surface area (Å²) in [6.07, 6.45) is 0.888. The van der Waals surface area contributed by atoms with E-state index in [2.05, 4.69) is 10.6 Å². The van der Waals surface area contributed by atoms with Crippen LogP contribution in [0.2, 0.25) is 0 Å². The highest BCUT2D eigenvalue weighted by atomic mass is 16.5. The van der Waals surface area contributed by atoms with Crippen molar-refractivity contribution < 1.29 is 9.53 Å². The Morgan fingerprint density at radius 1 is 1.28 bits per heavy atom. The summed E-state index contributed by atoms with van der Waals surface area (Å²) in [5.74, 6) is -0.0227. The van der Waals surface area contributed by atoms with Crippen molar-refractivity contribution in [3.63, 3.8) is 0 Å². The highest BCUT2D eigenvalue weighted by molar-refractivity contribution is 5.94. The second-order valence-corrected chi connectivity index (χ2v) is 4.43. The minimum absolute atomic E-state index is 0.0227. The van der Waals surface area contributed by atoms with Crippen LogP contribution >= 0.6 is 0 Å². The average Bonchev–Trinajstić information content (AvgIpc) is 2.37. The van der Waals surface area contributed by atoms with E-state index in [1.165, 1.54) is 0 Å². The van der Waals surface area contributed by atoms with Gasteiger partial charge in [0.25, 0.3) is 0 Å². The quantitative estimate of drug-likeness (QED) is 0.778. The van der Waals surface area contributed by atoms with Gasteiger partial charge in [0.05, 0.1) is 6.04 Å². The lowest BCUT2D eigenvalue weighted by atomic mass is 10.2. The number of methoxy groups -OCH3 is 1. The third-order valence-electron chi connectivity index (χ3n) is 2.72. The molecule has 0 bridgehead atoms. The van der Waals surface area contributed by atoms with Crippen molar-refractivity contribution in [3.05, 3.63) is 30.3 Å². The smallest absolute Gasteiger partial charge is 0.241 e. The maximum Gasteiger partial charge on any atom is 0.241 e. The topological polar surface area (TPSA) is 50.4 Å². The molecule has 0 spiro atoms. The largest absolute Gasteiger partial charge is 0.385 e. The van der Waals surface area contributed by atoms with Crippen LogP contribution in [0.15, 0.2) is 30.3 Å². The number of benzene rings is 1. The fraction of sp³-hybridized carbons (Fsp3) is 0.500. The molecule has 0 radical (unpaired) electrons. The highest BCUT2D eigenvalue weighted by Gasteiger charge is 2.14. The Balaban J connectivity index is 2.37. The Kier molecular flexibility index (Phi) is 6.39. The molecule has 1 aromatic carbocycles. The van der Waals surface area contributed by atoms with Crippen molar-refractivity contribution in [2.75, 3.05) is 19.0 Å². The summed E-state index contributed by atoms with van der Waals surface area (Å²) in [6.45, 7) is 4.61. The summed E-state index contributed by atoms with van der Waals surface area (Å²) in [7, 11) is 1.68. The van der Waals surface area contributed by atoms with E-state index in [0.717, 1.165) is 12.1 Å². The van der Waals surface area contributed by atoms with Gasteiger partial charge in [0.2, 0.25) is 5.91 Å². The number of nitrogens with one attached hydrogen (secondary N) is 2. The summed E-state index contributed by atoms with van der Waals surface area (Å²) < 4.78 is 5.01. The fourth-order valence-corrected chi connectivity index (χ4v) is 1.65. The van der Waals surface area contributed by atoms with Gasteiger partial charge in [0.1, 0.15) is 0 Å². The maximum absolute atomic E-state index is 11.9. The average molecular weight is 250 g/mol. The van der Waals surface area contributed by atoms with Crippen LogP contribution in [0.1, 0.15) is 20.3 Å². The van der Waals surface area contributed by atoms with E-state index in [1.807, 2.05) is 44.2 Å². The van der Waals surface area contributed by atoms with Crippen LogP contribution < -0.4 is 10.6 Å². The molecule has 2 N–H and O–H groups in total. The Morgan fingerprint density at radius 3 is 2.56 bits per heavy atom. The van der Waals surface area contributed by atoms with E-state index < -0.39 is 0 Å². The lowest BCUT2D eigenvalue weighted by Gasteiger charge is -2.19. The molecular weight excluding hydrogens is 228 g/mol. The second kappa shape index (κ2) is 7.84. The number of amides is 1. The number of hydrogen-bond donors (Lipinski definition) is 2. The van der Waals surface area contributed by atoms with E-state index in [9.17, 15) is 4.79 Å². The standard InChI is InChI=1S/C14H22N2O2/c1-11(9-10-18-3)15-12(2)14(17)16-13-7-5-4-6-8-13/h4-8,11-12,15H,9-10H2,1-3H3,(H,16,17). The van der Waals surface area contributed by atoms with Gasteiger partial charge in [-0.25, -0.2) is 0 Å². The SMILES string of the molecule is COCCC(C)NC(C)C(=O)Nc1ccccc1. The molecule has 4 heteroatoms. The number of hydrogen-bond acceptors (Lipinski definition) is 3. The van der Waals surface area contributed by atoms with Crippen LogP contribution in [0.4, 0.5) is 5.69 Å². The molecule has 0 fully saturated rings. The van der Waals surface area contributed by atoms with Crippen molar-refractivity contribution in [2.24, 2.45) is 0 Å². The summed E-state index contributed by atoms with van der Waals surface area (Å²) in [6, 6.07) is 9.49. The zero-order chi connectivity index (χ0) is 13.4. The molecule has 2 unspecified atom stereocenters. The number of para-hydroxylation sites is 1. The van der Waals surface area contributed by atoms with Crippen molar-refractivity contribution >= 4 is 11.6 Å². The van der Waals surface area contributed by atoms with Crippen molar-refractivity contribution in [3.8, 4) is 0 Å². The zero-order valence-electron chi connectivity index (χ0n) is 11.3. The molecule has 100 valence electrons. The lowest BCUT2D eigenvalue weighted by molar-refractivity contribution is -0.118. The highest BCUT2D eigenvalue weighted by Crippen LogP contribution is 2.05. The number of rotatable bonds is 7. The van der Waals surface area contributed by atoms with Crippen LogP contribution in [0.3, 0.4) is 0 Å². The van der Waals surface area contributed by atoms with Crippen LogP contribution in [0.25, 0.3) is 0 Å². The monoisotopic (exact) mass is 250 g/mol. The molecular formula is C14H22N2O2. The van der Waals surface area contributed by atoms with E-state index in [1.54, 1.807) is 7.11 Å². The Labute approximate surface area is 109 Å². The molecule has 0 heterocycles. The minimum atomic E-state index is -0.225. The third kappa shape index (κ3) is 5.29. The first-order valence-corrected chi connectivity index (χ1v) is 6.24. The van der Waals surface area contributed by atoms with Gasteiger partial charge in [0.15, 0.2) is 0 Å². The third-order valence-corrected chi connectivity index (χ3v) is 2.72. The van der Waals surface area contributed by atoms with E-state index in [0.29, 0.717) is 6.61 Å². The summed E-state index contributed by atoms with van der Waals surface area (Å²) >= 11 is 0. The first-order chi connectivity index (χ1) is 8.63. The number of ether oxygens (including phenoxy) is 1. The zero-order valence-corrected chi connectivity index (χ0v) is 11.3. The number of carbonyl (C=O) groups is 1. The second-order valence-electron chi connectivity index (χ2n) is 4.43. The van der Waals surface area contributed by atoms with Gasteiger partial charge < -0.3 is 15.4 Å². The van der Waals surface area contributed by atoms with E-state index >= 15 is 0 Å². The lowest BCUT2D eigenvalue weighted by Crippen LogP contribution is -2.43. The van der Waals surface area contributed by atoms with Crippen LogP contribution in [-0.4, -0.2) is 31.7 Å². The van der Waals surface area contributed by atoms with Crippen molar-refractivity contribution in [2.45, 2.75) is 32.4 Å². The molecule has 1 amide bonds. The first-order valence-electron chi connectivity index (χ1n) is 6.24. The summed E-state index contributed by atoms with van der Waals surface area (Å²) in [4.78, 5) is 11.9. The molecule has 0 aliphatic rings. The summed E-state index contributed by atoms with van der Waals surface area (Å²) in [5.41, 5.74) is 0.820. The number of anilines is 1. The van der Waals surface area contributed by atoms with Crippen LogP contribution in [-0.2, 0) is 9.53 Å². The van der Waals surface area contributed by atoms with Crippen LogP contribution in [0.5, 0.6) is 0 Å². The van der Waals surface area contributed by atoms with Gasteiger partial charge in [-0.2, -0.15) is 0 Å². The number of carbonyl (C=O) groups excluding carboxylic acids is 1. The Hall–Kier alpha value is -1.39. The van der Waals surface area contributed by atoms with Gasteiger partial charge in [-0.1, -0.05) is 18.2 Å². The van der Waals surface area contributed by atoms with Crippen molar-refractivity contribution in [1.82, 2.24) is 5.32 Å². The maximum atomic E-state index is 11.9. The molecule has 1 rings (SSSR count). The fourth-order valence-electron chi connectivity index (χ4n) is 1.65. The normalized spacial score (nSPS) is 13.9. The molecule has 0 saturated carbocycles. The van der Waals surface area contributed by atoms with Gasteiger partial charge in [-0.3, -0.25) is 4.79 Å². The van der Waals surface area contributed by atoms with Gasteiger partial charge >= 0.3 is 0 Å². The molecule has 0 aromatic heterocycles. The van der Waals surface area contributed by atoms with Crippen molar-refractivity contribution in [1.29, 1.82) is 0 Å². The van der Waals surface area contributed by atoms with Crippen LogP contribution in [0, 0.1) is 0 Å². The molecule has 1 aromatic rings. The molecule has 0 aliphatic heterocycles. The molecule has 0 saturated heterocycles. The predicted molar refractivity (Wildman–Crippen MR) is 73.6 cm³/mol. The Morgan fingerprint density at radius 2 is 1.94 bits per heavy atom. The van der Waals surface area contributed by atoms with Gasteiger partial charge in [-0.05, 0) is 32.4 Å². The minimum Gasteiger partial charge on any atom is -0.385 e. The molecule has 2 atom stereocenters. The predicted octanol–water partition coefficient (Wildman–Crippen LogP) is 2.03. The molecule has 0 aliphatic carbocycles. The van der Waals surface area contributed by atoms with Gasteiger partial charge in [0, 0.05) is 25.4 Å². The Bertz CT molecular complexity index is 354. The molecule has 4 nitrogen and oxygen atoms in total. The summed E-state index contributed by atoms with van der Waals surface area (Å²) in [5, 5.41) is 6.11. The first kappa shape index (κ1) is 14.7. The van der Waals surface area contributed by atoms with E-state index in [-0.39, 0.29) is 18.0 Å².